The van der Waals surface area contributed by atoms with Crippen LogP contribution in [0.3, 0.4) is 0 Å². The summed E-state index contributed by atoms with van der Waals surface area (Å²) >= 11 is 0. The summed E-state index contributed by atoms with van der Waals surface area (Å²) in [4.78, 5) is 2.57. The van der Waals surface area contributed by atoms with Crippen LogP contribution in [0, 0.1) is 13.8 Å². The molecule has 3 rings (SSSR count). The SMILES string of the molecule is Cc1cccc(Pc2c(C)cccc2CN2CCCCC2)c1O. The molecule has 0 radical (unpaired) electrons. The van der Waals surface area contributed by atoms with Gasteiger partial charge in [-0.1, -0.05) is 51.4 Å². The number of phenols is 1. The molecule has 2 nitrogen and oxygen atoms in total. The highest BCUT2D eigenvalue weighted by Crippen LogP contribution is 2.25. The summed E-state index contributed by atoms with van der Waals surface area (Å²) in [5, 5.41) is 12.8. The minimum absolute atomic E-state index is 0.456. The molecular weight excluding hydrogens is 301 g/mol. The molecule has 0 aromatic heterocycles. The van der Waals surface area contributed by atoms with Crippen LogP contribution in [0.4, 0.5) is 0 Å². The van der Waals surface area contributed by atoms with Crippen LogP contribution in [0.15, 0.2) is 36.4 Å². The maximum Gasteiger partial charge on any atom is 0.126 e. The highest BCUT2D eigenvalue weighted by Gasteiger charge is 2.15. The van der Waals surface area contributed by atoms with Crippen molar-refractivity contribution < 1.29 is 5.11 Å². The first-order valence-corrected chi connectivity index (χ1v) is 9.51. The van der Waals surface area contributed by atoms with Crippen molar-refractivity contribution in [2.24, 2.45) is 0 Å². The topological polar surface area (TPSA) is 23.5 Å². The predicted molar refractivity (Wildman–Crippen MR) is 101 cm³/mol. The summed E-state index contributed by atoms with van der Waals surface area (Å²) in [6.45, 7) is 7.62. The maximum atomic E-state index is 10.4. The zero-order chi connectivity index (χ0) is 16.2. The van der Waals surface area contributed by atoms with Crippen LogP contribution < -0.4 is 10.6 Å². The summed E-state index contributed by atoms with van der Waals surface area (Å²) in [6.07, 6.45) is 4.01. The van der Waals surface area contributed by atoms with Crippen molar-refractivity contribution in [2.45, 2.75) is 39.7 Å². The van der Waals surface area contributed by atoms with E-state index in [1.807, 2.05) is 19.1 Å². The number of likely N-dealkylation sites (tertiary alicyclic amines) is 1. The second-order valence-electron chi connectivity index (χ2n) is 6.54. The Balaban J connectivity index is 1.87. The Morgan fingerprint density at radius 3 is 2.43 bits per heavy atom. The van der Waals surface area contributed by atoms with Gasteiger partial charge in [0.2, 0.25) is 0 Å². The fourth-order valence-electron chi connectivity index (χ4n) is 3.29. The standard InChI is InChI=1S/C20H26NOP/c1-15-8-7-11-18(19(15)22)23-20-16(2)9-6-10-17(20)14-21-12-4-3-5-13-21/h6-11,22-23H,3-5,12-14H2,1-2H3. The molecule has 1 heterocycles. The smallest absolute Gasteiger partial charge is 0.126 e. The number of piperidine rings is 1. The van der Waals surface area contributed by atoms with E-state index in [1.165, 1.54) is 48.8 Å². The molecule has 2 aromatic rings. The normalized spacial score (nSPS) is 16.3. The van der Waals surface area contributed by atoms with Gasteiger partial charge >= 0.3 is 0 Å². The van der Waals surface area contributed by atoms with Crippen LogP contribution >= 0.6 is 8.58 Å². The lowest BCUT2D eigenvalue weighted by Crippen LogP contribution is -2.31. The molecule has 3 heteroatoms. The number of hydrogen-bond acceptors (Lipinski definition) is 2. The molecule has 0 saturated carbocycles. The molecule has 0 amide bonds. The van der Waals surface area contributed by atoms with Gasteiger partial charge in [-0.25, -0.2) is 0 Å². The van der Waals surface area contributed by atoms with E-state index in [-0.39, 0.29) is 0 Å². The van der Waals surface area contributed by atoms with Gasteiger partial charge in [0, 0.05) is 11.8 Å². The first kappa shape index (κ1) is 16.5. The molecule has 1 aliphatic rings. The van der Waals surface area contributed by atoms with E-state index in [1.54, 1.807) is 0 Å². The fourth-order valence-corrected chi connectivity index (χ4v) is 4.66. The summed E-state index contributed by atoms with van der Waals surface area (Å²) in [5.74, 6) is 0.456. The lowest BCUT2D eigenvalue weighted by Gasteiger charge is -2.27. The highest BCUT2D eigenvalue weighted by atomic mass is 31.1. The monoisotopic (exact) mass is 327 g/mol. The molecule has 0 bridgehead atoms. The molecule has 122 valence electrons. The van der Waals surface area contributed by atoms with Crippen molar-refractivity contribution >= 4 is 19.2 Å². The van der Waals surface area contributed by atoms with Gasteiger partial charge in [-0.3, -0.25) is 4.90 Å². The lowest BCUT2D eigenvalue weighted by atomic mass is 10.1. The highest BCUT2D eigenvalue weighted by molar-refractivity contribution is 7.56. The van der Waals surface area contributed by atoms with Gasteiger partial charge in [-0.15, -0.1) is 0 Å². The zero-order valence-corrected chi connectivity index (χ0v) is 15.1. The van der Waals surface area contributed by atoms with Gasteiger partial charge in [-0.2, -0.15) is 0 Å². The van der Waals surface area contributed by atoms with Crippen molar-refractivity contribution in [3.05, 3.63) is 53.1 Å². The van der Waals surface area contributed by atoms with Gasteiger partial charge in [-0.05, 0) is 61.8 Å². The number of nitrogens with zero attached hydrogens (tertiary/aromatic N) is 1. The zero-order valence-electron chi connectivity index (χ0n) is 14.1. The minimum atomic E-state index is 0.456. The molecule has 1 N–H and O–H groups in total. The van der Waals surface area contributed by atoms with E-state index in [4.69, 9.17) is 0 Å². The molecule has 1 unspecified atom stereocenters. The summed E-state index contributed by atoms with van der Waals surface area (Å²) in [5.41, 5.74) is 3.71. The van der Waals surface area contributed by atoms with Gasteiger partial charge < -0.3 is 5.11 Å². The molecule has 2 aromatic carbocycles. The van der Waals surface area contributed by atoms with Crippen molar-refractivity contribution in [3.8, 4) is 5.75 Å². The first-order valence-electron chi connectivity index (χ1n) is 8.51. The summed E-state index contributed by atoms with van der Waals surface area (Å²) in [7, 11) is 0.514. The Hall–Kier alpha value is -1.37. The third kappa shape index (κ3) is 3.94. The molecule has 0 spiro atoms. The van der Waals surface area contributed by atoms with E-state index in [0.717, 1.165) is 17.4 Å². The van der Waals surface area contributed by atoms with Crippen LogP contribution in [-0.2, 0) is 6.54 Å². The number of phenolic OH excluding ortho intramolecular Hbond substituents is 1. The average Bonchev–Trinajstić information content (AvgIpc) is 2.56. The Morgan fingerprint density at radius 1 is 0.957 bits per heavy atom. The van der Waals surface area contributed by atoms with Crippen molar-refractivity contribution in [1.29, 1.82) is 0 Å². The molecule has 1 fully saturated rings. The number of rotatable bonds is 4. The Bertz CT molecular complexity index is 677. The number of hydrogen-bond donors (Lipinski definition) is 1. The molecule has 1 aliphatic heterocycles. The Morgan fingerprint density at radius 2 is 1.65 bits per heavy atom. The largest absolute Gasteiger partial charge is 0.507 e. The van der Waals surface area contributed by atoms with E-state index >= 15 is 0 Å². The van der Waals surface area contributed by atoms with Crippen LogP contribution in [-0.4, -0.2) is 23.1 Å². The summed E-state index contributed by atoms with van der Waals surface area (Å²) < 4.78 is 0. The number of benzene rings is 2. The predicted octanol–water partition coefficient (Wildman–Crippen LogP) is 3.62. The van der Waals surface area contributed by atoms with E-state index in [0.29, 0.717) is 14.3 Å². The minimum Gasteiger partial charge on any atom is -0.507 e. The third-order valence-corrected chi connectivity index (χ3v) is 6.34. The van der Waals surface area contributed by atoms with Crippen LogP contribution in [0.2, 0.25) is 0 Å². The van der Waals surface area contributed by atoms with Crippen molar-refractivity contribution in [2.75, 3.05) is 13.1 Å². The number of aromatic hydroxyl groups is 1. The summed E-state index contributed by atoms with van der Waals surface area (Å²) in [6, 6.07) is 12.7. The van der Waals surface area contributed by atoms with Crippen molar-refractivity contribution in [3.63, 3.8) is 0 Å². The Kier molecular flexibility index (Phi) is 5.35. The Labute approximate surface area is 141 Å². The maximum absolute atomic E-state index is 10.4. The van der Waals surface area contributed by atoms with Gasteiger partial charge in [0.05, 0.1) is 0 Å². The molecule has 0 aliphatic carbocycles. The quantitative estimate of drug-likeness (QED) is 0.867. The van der Waals surface area contributed by atoms with Crippen LogP contribution in [0.25, 0.3) is 0 Å². The second-order valence-corrected chi connectivity index (χ2v) is 7.83. The molecular formula is C20H26NOP. The molecule has 23 heavy (non-hydrogen) atoms. The lowest BCUT2D eigenvalue weighted by molar-refractivity contribution is 0.221. The van der Waals surface area contributed by atoms with E-state index in [2.05, 4.69) is 36.1 Å². The van der Waals surface area contributed by atoms with Crippen LogP contribution in [0.5, 0.6) is 5.75 Å². The number of para-hydroxylation sites is 1. The third-order valence-electron chi connectivity index (χ3n) is 4.70. The van der Waals surface area contributed by atoms with E-state index in [9.17, 15) is 5.11 Å². The average molecular weight is 327 g/mol. The number of aryl methyl sites for hydroxylation is 2. The van der Waals surface area contributed by atoms with Crippen molar-refractivity contribution in [1.82, 2.24) is 4.90 Å². The second kappa shape index (κ2) is 7.47. The molecule has 1 atom stereocenters. The first-order chi connectivity index (χ1) is 11.1. The van der Waals surface area contributed by atoms with Gasteiger partial charge in [0.1, 0.15) is 5.75 Å². The van der Waals surface area contributed by atoms with E-state index < -0.39 is 0 Å². The molecule has 1 saturated heterocycles. The van der Waals surface area contributed by atoms with Crippen LogP contribution in [0.1, 0.15) is 36.0 Å². The van der Waals surface area contributed by atoms with Gasteiger partial charge in [0.25, 0.3) is 0 Å². The van der Waals surface area contributed by atoms with Gasteiger partial charge in [0.15, 0.2) is 0 Å². The fraction of sp³-hybridized carbons (Fsp3) is 0.400.